The molecule has 1 aliphatic carbocycles. The van der Waals surface area contributed by atoms with E-state index >= 15 is 0 Å². The number of ether oxygens (including phenoxy) is 1. The normalized spacial score (nSPS) is 21.5. The van der Waals surface area contributed by atoms with Crippen LogP contribution in [0.15, 0.2) is 24.3 Å². The van der Waals surface area contributed by atoms with E-state index in [4.69, 9.17) is 27.9 Å². The van der Waals surface area contributed by atoms with Crippen molar-refractivity contribution < 1.29 is 22.7 Å². The van der Waals surface area contributed by atoms with Crippen LogP contribution >= 0.6 is 23.2 Å². The Hall–Kier alpha value is -1.57. The van der Waals surface area contributed by atoms with Gasteiger partial charge in [0.05, 0.1) is 11.5 Å². The maximum Gasteiger partial charge on any atom is 0.331 e. The molecule has 29 heavy (non-hydrogen) atoms. The Morgan fingerprint density at radius 1 is 1.14 bits per heavy atom. The van der Waals surface area contributed by atoms with Crippen molar-refractivity contribution in [1.82, 2.24) is 4.90 Å². The van der Waals surface area contributed by atoms with Gasteiger partial charge >= 0.3 is 5.97 Å². The third-order valence-corrected chi connectivity index (χ3v) is 7.62. The van der Waals surface area contributed by atoms with Crippen molar-refractivity contribution in [2.45, 2.75) is 44.2 Å². The molecule has 3 rings (SSSR count). The van der Waals surface area contributed by atoms with Gasteiger partial charge in [-0.1, -0.05) is 42.1 Å². The fourth-order valence-electron chi connectivity index (χ4n) is 3.93. The van der Waals surface area contributed by atoms with Crippen LogP contribution in [0.25, 0.3) is 6.08 Å². The van der Waals surface area contributed by atoms with Crippen LogP contribution in [0.3, 0.4) is 0 Å². The zero-order valence-electron chi connectivity index (χ0n) is 15.9. The average Bonchev–Trinajstić information content (AvgIpc) is 3.29. The molecule has 1 heterocycles. The van der Waals surface area contributed by atoms with Gasteiger partial charge in [0.1, 0.15) is 0 Å². The highest BCUT2D eigenvalue weighted by Crippen LogP contribution is 2.29. The molecule has 2 aliphatic rings. The summed E-state index contributed by atoms with van der Waals surface area (Å²) in [5, 5.41) is 0.883. The summed E-state index contributed by atoms with van der Waals surface area (Å²) in [6.45, 7) is -0.412. The number of rotatable bonds is 6. The molecule has 1 saturated carbocycles. The second-order valence-electron chi connectivity index (χ2n) is 7.40. The van der Waals surface area contributed by atoms with Gasteiger partial charge in [-0.3, -0.25) is 4.79 Å². The van der Waals surface area contributed by atoms with Crippen LogP contribution in [0.5, 0.6) is 0 Å². The third-order valence-electron chi connectivity index (χ3n) is 5.31. The van der Waals surface area contributed by atoms with Crippen LogP contribution in [0.4, 0.5) is 0 Å². The molecule has 1 unspecified atom stereocenters. The molecule has 0 bridgehead atoms. The van der Waals surface area contributed by atoms with E-state index in [1.54, 1.807) is 23.1 Å². The van der Waals surface area contributed by atoms with Crippen LogP contribution in [-0.4, -0.2) is 55.4 Å². The predicted molar refractivity (Wildman–Crippen MR) is 113 cm³/mol. The van der Waals surface area contributed by atoms with Gasteiger partial charge in [-0.15, -0.1) is 0 Å². The lowest BCUT2D eigenvalue weighted by molar-refractivity contribution is -0.150. The highest BCUT2D eigenvalue weighted by molar-refractivity contribution is 7.91. The maximum absolute atomic E-state index is 12.8. The number of benzene rings is 1. The number of nitrogens with zero attached hydrogens (tertiary/aromatic N) is 1. The first-order valence-electron chi connectivity index (χ1n) is 9.56. The summed E-state index contributed by atoms with van der Waals surface area (Å²) in [7, 11) is -3.12. The molecular formula is C20H23Cl2NO5S. The molecule has 1 aromatic rings. The second-order valence-corrected chi connectivity index (χ2v) is 10.5. The summed E-state index contributed by atoms with van der Waals surface area (Å²) < 4.78 is 28.8. The van der Waals surface area contributed by atoms with E-state index in [9.17, 15) is 18.0 Å². The molecule has 0 N–H and O–H groups in total. The van der Waals surface area contributed by atoms with Crippen molar-refractivity contribution in [1.29, 1.82) is 0 Å². The quantitative estimate of drug-likeness (QED) is 0.480. The van der Waals surface area contributed by atoms with Gasteiger partial charge in [0, 0.05) is 28.2 Å². The number of amides is 1. The Labute approximate surface area is 180 Å². The van der Waals surface area contributed by atoms with Gasteiger partial charge in [0.15, 0.2) is 16.4 Å². The molecule has 1 aromatic carbocycles. The molecule has 1 saturated heterocycles. The Morgan fingerprint density at radius 2 is 1.86 bits per heavy atom. The number of carbonyl (C=O) groups is 2. The Kier molecular flexibility index (Phi) is 7.24. The fourth-order valence-corrected chi connectivity index (χ4v) is 6.12. The first-order chi connectivity index (χ1) is 13.7. The topological polar surface area (TPSA) is 80.8 Å². The average molecular weight is 460 g/mol. The zero-order valence-corrected chi connectivity index (χ0v) is 18.2. The molecule has 158 valence electrons. The van der Waals surface area contributed by atoms with Crippen molar-refractivity contribution in [3.05, 3.63) is 39.9 Å². The Bertz CT molecular complexity index is 909. The molecule has 6 nitrogen and oxygen atoms in total. The highest BCUT2D eigenvalue weighted by Gasteiger charge is 2.39. The maximum atomic E-state index is 12.8. The lowest BCUT2D eigenvalue weighted by Gasteiger charge is -2.33. The van der Waals surface area contributed by atoms with Crippen molar-refractivity contribution in [2.24, 2.45) is 0 Å². The van der Waals surface area contributed by atoms with Crippen molar-refractivity contribution in [2.75, 3.05) is 18.1 Å². The summed E-state index contributed by atoms with van der Waals surface area (Å²) >= 11 is 11.9. The number of hydrogen-bond donors (Lipinski definition) is 0. The van der Waals surface area contributed by atoms with Crippen LogP contribution in [0.2, 0.25) is 10.0 Å². The van der Waals surface area contributed by atoms with Crippen LogP contribution < -0.4 is 0 Å². The molecule has 0 aromatic heterocycles. The van der Waals surface area contributed by atoms with Gasteiger partial charge in [0.25, 0.3) is 5.91 Å². The van der Waals surface area contributed by atoms with E-state index in [1.165, 1.54) is 12.2 Å². The Morgan fingerprint density at radius 3 is 2.48 bits per heavy atom. The monoisotopic (exact) mass is 459 g/mol. The van der Waals surface area contributed by atoms with Gasteiger partial charge in [0.2, 0.25) is 0 Å². The van der Waals surface area contributed by atoms with Gasteiger partial charge < -0.3 is 9.64 Å². The summed E-state index contributed by atoms with van der Waals surface area (Å²) in [5.74, 6) is -0.934. The number of carbonyl (C=O) groups excluding carboxylic acids is 2. The minimum atomic E-state index is -3.12. The van der Waals surface area contributed by atoms with E-state index in [0.29, 0.717) is 22.0 Å². The van der Waals surface area contributed by atoms with E-state index in [2.05, 4.69) is 0 Å². The molecule has 1 amide bonds. The summed E-state index contributed by atoms with van der Waals surface area (Å²) in [6.07, 6.45) is 6.85. The minimum Gasteiger partial charge on any atom is -0.452 e. The summed E-state index contributed by atoms with van der Waals surface area (Å²) in [4.78, 5) is 26.5. The van der Waals surface area contributed by atoms with Crippen molar-refractivity contribution in [3.8, 4) is 0 Å². The molecule has 1 atom stereocenters. The fraction of sp³-hybridized carbons (Fsp3) is 0.500. The zero-order chi connectivity index (χ0) is 21.0. The molecular weight excluding hydrogens is 437 g/mol. The standard InChI is InChI=1S/C20H23Cl2NO5S/c21-15-7-5-14(18(22)11-15)6-8-20(25)28-12-19(24)23(16-3-1-2-4-16)17-9-10-29(26,27)13-17/h5-8,11,16-17H,1-4,9-10,12-13H2/b8-6+. The van der Waals surface area contributed by atoms with Crippen LogP contribution in [0, 0.1) is 0 Å². The van der Waals surface area contributed by atoms with Gasteiger partial charge in [-0.2, -0.15) is 0 Å². The Balaban J connectivity index is 1.60. The largest absolute Gasteiger partial charge is 0.452 e. The lowest BCUT2D eigenvalue weighted by Crippen LogP contribution is -2.48. The molecule has 0 radical (unpaired) electrons. The third kappa shape index (κ3) is 5.96. The van der Waals surface area contributed by atoms with E-state index in [1.807, 2.05) is 0 Å². The SMILES string of the molecule is O=C(/C=C/c1ccc(Cl)cc1Cl)OCC(=O)N(C1CCCC1)C1CCS(=O)(=O)C1. The minimum absolute atomic E-state index is 0.0157. The van der Waals surface area contributed by atoms with E-state index in [-0.39, 0.29) is 29.5 Å². The van der Waals surface area contributed by atoms with Crippen molar-refractivity contribution in [3.63, 3.8) is 0 Å². The lowest BCUT2D eigenvalue weighted by atomic mass is 10.1. The van der Waals surface area contributed by atoms with Gasteiger partial charge in [-0.05, 0) is 43.0 Å². The summed E-state index contributed by atoms with van der Waals surface area (Å²) in [6, 6.07) is 4.56. The molecule has 0 spiro atoms. The molecule has 9 heteroatoms. The summed E-state index contributed by atoms with van der Waals surface area (Å²) in [5.41, 5.74) is 0.600. The van der Waals surface area contributed by atoms with Crippen molar-refractivity contribution >= 4 is 51.0 Å². The first-order valence-corrected chi connectivity index (χ1v) is 12.1. The second kappa shape index (κ2) is 9.49. The molecule has 1 aliphatic heterocycles. The van der Waals surface area contributed by atoms with Gasteiger partial charge in [-0.25, -0.2) is 13.2 Å². The number of halogens is 2. The number of esters is 1. The number of hydrogen-bond acceptors (Lipinski definition) is 5. The van der Waals surface area contributed by atoms with E-state index in [0.717, 1.165) is 25.7 Å². The number of sulfone groups is 1. The van der Waals surface area contributed by atoms with E-state index < -0.39 is 22.4 Å². The molecule has 2 fully saturated rings. The first kappa shape index (κ1) is 22.1. The van der Waals surface area contributed by atoms with Crippen LogP contribution in [0.1, 0.15) is 37.7 Å². The highest BCUT2D eigenvalue weighted by atomic mass is 35.5. The smallest absolute Gasteiger partial charge is 0.331 e. The van der Waals surface area contributed by atoms with Crippen LogP contribution in [-0.2, 0) is 24.2 Å². The predicted octanol–water partition coefficient (Wildman–Crippen LogP) is 3.51.